The van der Waals surface area contributed by atoms with E-state index in [0.29, 0.717) is 6.04 Å². The number of nitrogens with one attached hydrogen (secondary N) is 1. The van der Waals surface area contributed by atoms with Crippen molar-refractivity contribution in [1.29, 1.82) is 0 Å². The first kappa shape index (κ1) is 12.2. The summed E-state index contributed by atoms with van der Waals surface area (Å²) in [5, 5.41) is 4.68. The minimum absolute atomic E-state index is 0.492. The number of rotatable bonds is 4. The van der Waals surface area contributed by atoms with Gasteiger partial charge in [0.05, 0.1) is 22.6 Å². The van der Waals surface area contributed by atoms with Gasteiger partial charge in [-0.05, 0) is 18.6 Å². The van der Waals surface area contributed by atoms with Crippen molar-refractivity contribution in [3.8, 4) is 0 Å². The van der Waals surface area contributed by atoms with Gasteiger partial charge in [-0.25, -0.2) is 0 Å². The smallest absolute Gasteiger partial charge is 0.0950 e. The fourth-order valence-corrected chi connectivity index (χ4v) is 2.79. The molecule has 0 bridgehead atoms. The second-order valence-electron chi connectivity index (χ2n) is 4.01. The van der Waals surface area contributed by atoms with Gasteiger partial charge in [-0.2, -0.15) is 0 Å². The average Bonchev–Trinajstić information content (AvgIpc) is 2.74. The van der Waals surface area contributed by atoms with E-state index in [1.54, 1.807) is 11.3 Å². The van der Waals surface area contributed by atoms with E-state index in [9.17, 15) is 0 Å². The van der Waals surface area contributed by atoms with Crippen LogP contribution in [0.5, 0.6) is 0 Å². The highest BCUT2D eigenvalue weighted by molar-refractivity contribution is 7.19. The van der Waals surface area contributed by atoms with Crippen LogP contribution in [0.25, 0.3) is 0 Å². The van der Waals surface area contributed by atoms with Crippen molar-refractivity contribution in [2.45, 2.75) is 12.5 Å². The Labute approximate surface area is 105 Å². The minimum Gasteiger partial charge on any atom is -0.379 e. The van der Waals surface area contributed by atoms with E-state index in [4.69, 9.17) is 16.3 Å². The Kier molecular flexibility index (Phi) is 4.46. The molecule has 0 saturated carbocycles. The Bertz CT molecular complexity index is 326. The zero-order chi connectivity index (χ0) is 11.4. The largest absolute Gasteiger partial charge is 0.379 e. The first-order valence-electron chi connectivity index (χ1n) is 5.53. The SMILES string of the molecule is CN(CCC1COCCN1)c1ccc(Cl)s1. The standard InChI is InChI=1S/C11H17ClN2OS/c1-14(11-3-2-10(12)16-11)6-4-9-8-15-7-5-13-9/h2-3,9,13H,4-8H2,1H3. The van der Waals surface area contributed by atoms with Crippen LogP contribution in [0, 0.1) is 0 Å². The van der Waals surface area contributed by atoms with Crippen molar-refractivity contribution in [1.82, 2.24) is 5.32 Å². The lowest BCUT2D eigenvalue weighted by atomic mass is 10.2. The lowest BCUT2D eigenvalue weighted by Gasteiger charge is -2.26. The highest BCUT2D eigenvalue weighted by Gasteiger charge is 2.14. The summed E-state index contributed by atoms with van der Waals surface area (Å²) in [7, 11) is 2.10. The van der Waals surface area contributed by atoms with Gasteiger partial charge in [0.15, 0.2) is 0 Å². The second kappa shape index (κ2) is 5.87. The Hall–Kier alpha value is -0.290. The number of halogens is 1. The molecule has 1 atom stereocenters. The van der Waals surface area contributed by atoms with E-state index >= 15 is 0 Å². The molecule has 1 aromatic rings. The molecule has 0 aromatic carbocycles. The van der Waals surface area contributed by atoms with Crippen molar-refractivity contribution in [2.24, 2.45) is 0 Å². The molecule has 0 amide bonds. The van der Waals surface area contributed by atoms with E-state index < -0.39 is 0 Å². The van der Waals surface area contributed by atoms with Crippen molar-refractivity contribution in [3.63, 3.8) is 0 Å². The maximum atomic E-state index is 5.91. The fourth-order valence-electron chi connectivity index (χ4n) is 1.77. The van der Waals surface area contributed by atoms with Crippen molar-refractivity contribution in [2.75, 3.05) is 38.3 Å². The summed E-state index contributed by atoms with van der Waals surface area (Å²) in [5.74, 6) is 0. The summed E-state index contributed by atoms with van der Waals surface area (Å²) in [6, 6.07) is 4.50. The summed E-state index contributed by atoms with van der Waals surface area (Å²) >= 11 is 7.53. The number of hydrogen-bond acceptors (Lipinski definition) is 4. The number of anilines is 1. The molecule has 1 unspecified atom stereocenters. The average molecular weight is 261 g/mol. The van der Waals surface area contributed by atoms with Crippen molar-refractivity contribution < 1.29 is 4.74 Å². The van der Waals surface area contributed by atoms with E-state index in [1.165, 1.54) is 5.00 Å². The van der Waals surface area contributed by atoms with Crippen molar-refractivity contribution in [3.05, 3.63) is 16.5 Å². The predicted molar refractivity (Wildman–Crippen MR) is 69.8 cm³/mol. The van der Waals surface area contributed by atoms with E-state index in [-0.39, 0.29) is 0 Å². The number of ether oxygens (including phenoxy) is 1. The number of thiophene rings is 1. The van der Waals surface area contributed by atoms with Gasteiger partial charge in [0.2, 0.25) is 0 Å². The number of hydrogen-bond donors (Lipinski definition) is 1. The molecular formula is C11H17ClN2OS. The highest BCUT2D eigenvalue weighted by Crippen LogP contribution is 2.28. The van der Waals surface area contributed by atoms with Crippen molar-refractivity contribution >= 4 is 27.9 Å². The summed E-state index contributed by atoms with van der Waals surface area (Å²) in [4.78, 5) is 2.24. The molecule has 1 aliphatic rings. The molecule has 1 fully saturated rings. The first-order valence-corrected chi connectivity index (χ1v) is 6.73. The van der Waals surface area contributed by atoms with Crippen LogP contribution < -0.4 is 10.2 Å². The molecule has 1 aromatic heterocycles. The maximum Gasteiger partial charge on any atom is 0.0950 e. The molecule has 1 aliphatic heterocycles. The third-order valence-electron chi connectivity index (χ3n) is 2.75. The van der Waals surface area contributed by atoms with Gasteiger partial charge in [-0.15, -0.1) is 11.3 Å². The van der Waals surface area contributed by atoms with Crippen LogP contribution in [0.2, 0.25) is 4.34 Å². The Balaban J connectivity index is 1.76. The Morgan fingerprint density at radius 2 is 2.50 bits per heavy atom. The molecule has 3 nitrogen and oxygen atoms in total. The number of nitrogens with zero attached hydrogens (tertiary/aromatic N) is 1. The van der Waals surface area contributed by atoms with E-state index in [2.05, 4.69) is 23.3 Å². The van der Waals surface area contributed by atoms with Gasteiger partial charge < -0.3 is 15.0 Å². The summed E-state index contributed by atoms with van der Waals surface area (Å²) < 4.78 is 6.27. The molecule has 5 heteroatoms. The molecule has 2 rings (SSSR count). The quantitative estimate of drug-likeness (QED) is 0.899. The second-order valence-corrected chi connectivity index (χ2v) is 5.71. The van der Waals surface area contributed by atoms with E-state index in [0.717, 1.165) is 37.1 Å². The Morgan fingerprint density at radius 1 is 1.62 bits per heavy atom. The van der Waals surface area contributed by atoms with Crippen LogP contribution in [0.4, 0.5) is 5.00 Å². The highest BCUT2D eigenvalue weighted by atomic mass is 35.5. The molecule has 2 heterocycles. The molecule has 0 radical (unpaired) electrons. The molecule has 16 heavy (non-hydrogen) atoms. The zero-order valence-corrected chi connectivity index (χ0v) is 11.0. The van der Waals surface area contributed by atoms with E-state index in [1.807, 2.05) is 6.07 Å². The maximum absolute atomic E-state index is 5.91. The van der Waals surface area contributed by atoms with Gasteiger partial charge in [0.25, 0.3) is 0 Å². The molecule has 0 spiro atoms. The molecule has 1 N–H and O–H groups in total. The predicted octanol–water partition coefficient (Wildman–Crippen LogP) is 2.22. The summed E-state index contributed by atoms with van der Waals surface area (Å²) in [6.45, 7) is 3.67. The molecule has 1 saturated heterocycles. The minimum atomic E-state index is 0.492. The van der Waals surface area contributed by atoms with Gasteiger partial charge in [0, 0.05) is 26.2 Å². The van der Waals surface area contributed by atoms with Crippen LogP contribution in [0.3, 0.4) is 0 Å². The topological polar surface area (TPSA) is 24.5 Å². The molecule has 90 valence electrons. The van der Waals surface area contributed by atoms with Crippen LogP contribution in [-0.2, 0) is 4.74 Å². The van der Waals surface area contributed by atoms with Gasteiger partial charge in [0.1, 0.15) is 0 Å². The lowest BCUT2D eigenvalue weighted by molar-refractivity contribution is 0.0749. The molecule has 0 aliphatic carbocycles. The zero-order valence-electron chi connectivity index (χ0n) is 9.41. The molecular weight excluding hydrogens is 244 g/mol. The summed E-state index contributed by atoms with van der Waals surface area (Å²) in [6.07, 6.45) is 1.10. The lowest BCUT2D eigenvalue weighted by Crippen LogP contribution is -2.42. The first-order chi connectivity index (χ1) is 7.75. The normalized spacial score (nSPS) is 21.0. The van der Waals surface area contributed by atoms with Gasteiger partial charge >= 0.3 is 0 Å². The van der Waals surface area contributed by atoms with Crippen LogP contribution in [0.1, 0.15) is 6.42 Å². The third-order valence-corrected chi connectivity index (χ3v) is 4.09. The van der Waals surface area contributed by atoms with Gasteiger partial charge in [-0.3, -0.25) is 0 Å². The van der Waals surface area contributed by atoms with Crippen LogP contribution in [-0.4, -0.2) is 39.4 Å². The van der Waals surface area contributed by atoms with Gasteiger partial charge in [-0.1, -0.05) is 11.6 Å². The van der Waals surface area contributed by atoms with Crippen LogP contribution in [0.15, 0.2) is 12.1 Å². The summed E-state index contributed by atoms with van der Waals surface area (Å²) in [5.41, 5.74) is 0. The number of morpholine rings is 1. The Morgan fingerprint density at radius 3 is 3.12 bits per heavy atom. The van der Waals surface area contributed by atoms with Crippen LogP contribution >= 0.6 is 22.9 Å². The fraction of sp³-hybridized carbons (Fsp3) is 0.636. The third kappa shape index (κ3) is 3.35. The monoisotopic (exact) mass is 260 g/mol.